The molecule has 84 valence electrons. The number of hydrogen-bond donors (Lipinski definition) is 1. The summed E-state index contributed by atoms with van der Waals surface area (Å²) in [5, 5.41) is 6.37. The average molecular weight is 229 g/mol. The summed E-state index contributed by atoms with van der Waals surface area (Å²) in [7, 11) is -3.36. The molecule has 0 amide bonds. The van der Waals surface area contributed by atoms with Crippen LogP contribution < -0.4 is 0 Å². The van der Waals surface area contributed by atoms with Gasteiger partial charge in [-0.3, -0.25) is 5.10 Å². The molecule has 0 spiro atoms. The van der Waals surface area contributed by atoms with E-state index in [0.29, 0.717) is 12.5 Å². The van der Waals surface area contributed by atoms with Crippen LogP contribution in [0.5, 0.6) is 0 Å². The van der Waals surface area contributed by atoms with Gasteiger partial charge in [0.05, 0.1) is 6.20 Å². The first-order valence-electron chi connectivity index (χ1n) is 5.03. The van der Waals surface area contributed by atoms with Gasteiger partial charge in [0.15, 0.2) is 5.03 Å². The fraction of sp³-hybridized carbons (Fsp3) is 0.667. The van der Waals surface area contributed by atoms with E-state index in [4.69, 9.17) is 0 Å². The van der Waals surface area contributed by atoms with Gasteiger partial charge in [-0.15, -0.1) is 0 Å². The van der Waals surface area contributed by atoms with Crippen molar-refractivity contribution in [2.24, 2.45) is 5.92 Å². The van der Waals surface area contributed by atoms with Gasteiger partial charge in [-0.05, 0) is 25.3 Å². The molecule has 0 radical (unpaired) electrons. The summed E-state index contributed by atoms with van der Waals surface area (Å²) in [4.78, 5) is 0. The van der Waals surface area contributed by atoms with Gasteiger partial charge >= 0.3 is 0 Å². The zero-order chi connectivity index (χ0) is 11.1. The standard InChI is InChI=1S/C9H15N3O2S/c1-7-5-8(2)12(6-7)15(13,14)9-3-4-10-11-9/h3-4,7-8H,5-6H2,1-2H3,(H,10,11). The lowest BCUT2D eigenvalue weighted by molar-refractivity contribution is 0.403. The molecule has 1 saturated heterocycles. The fourth-order valence-electron chi connectivity index (χ4n) is 2.11. The molecule has 15 heavy (non-hydrogen) atoms. The van der Waals surface area contributed by atoms with Crippen LogP contribution in [-0.4, -0.2) is 35.5 Å². The largest absolute Gasteiger partial charge is 0.266 e. The molecule has 2 unspecified atom stereocenters. The minimum Gasteiger partial charge on any atom is -0.266 e. The third-order valence-corrected chi connectivity index (χ3v) is 4.70. The monoisotopic (exact) mass is 229 g/mol. The van der Waals surface area contributed by atoms with E-state index in [0.717, 1.165) is 6.42 Å². The minimum atomic E-state index is -3.36. The Morgan fingerprint density at radius 3 is 2.73 bits per heavy atom. The van der Waals surface area contributed by atoms with E-state index in [-0.39, 0.29) is 11.1 Å². The van der Waals surface area contributed by atoms with Crippen molar-refractivity contribution in [3.05, 3.63) is 12.3 Å². The van der Waals surface area contributed by atoms with Crippen molar-refractivity contribution in [2.75, 3.05) is 6.54 Å². The highest BCUT2D eigenvalue weighted by molar-refractivity contribution is 7.89. The van der Waals surface area contributed by atoms with Crippen molar-refractivity contribution in [1.82, 2.24) is 14.5 Å². The molecule has 1 aromatic rings. The van der Waals surface area contributed by atoms with Gasteiger partial charge in [0.2, 0.25) is 0 Å². The Balaban J connectivity index is 2.31. The van der Waals surface area contributed by atoms with Gasteiger partial charge in [0, 0.05) is 12.6 Å². The summed E-state index contributed by atoms with van der Waals surface area (Å²) in [6, 6.07) is 1.57. The first-order chi connectivity index (χ1) is 7.01. The van der Waals surface area contributed by atoms with E-state index in [9.17, 15) is 8.42 Å². The van der Waals surface area contributed by atoms with E-state index in [2.05, 4.69) is 17.1 Å². The van der Waals surface area contributed by atoms with E-state index < -0.39 is 10.0 Å². The van der Waals surface area contributed by atoms with Crippen LogP contribution in [0.4, 0.5) is 0 Å². The second-order valence-electron chi connectivity index (χ2n) is 4.19. The first kappa shape index (κ1) is 10.6. The SMILES string of the molecule is CC1CC(C)N(S(=O)(=O)c2ccn[nH]2)C1. The molecule has 2 rings (SSSR count). The molecule has 0 saturated carbocycles. The van der Waals surface area contributed by atoms with Crippen molar-refractivity contribution < 1.29 is 8.42 Å². The number of hydrogen-bond acceptors (Lipinski definition) is 3. The van der Waals surface area contributed by atoms with Crippen molar-refractivity contribution in [2.45, 2.75) is 31.3 Å². The second kappa shape index (κ2) is 3.61. The highest BCUT2D eigenvalue weighted by atomic mass is 32.2. The molecule has 1 fully saturated rings. The van der Waals surface area contributed by atoms with Gasteiger partial charge < -0.3 is 0 Å². The maximum atomic E-state index is 12.1. The fourth-order valence-corrected chi connectivity index (χ4v) is 3.77. The van der Waals surface area contributed by atoms with Crippen LogP contribution in [0.15, 0.2) is 17.3 Å². The lowest BCUT2D eigenvalue weighted by Crippen LogP contribution is -2.34. The molecule has 1 N–H and O–H groups in total. The van der Waals surface area contributed by atoms with E-state index >= 15 is 0 Å². The van der Waals surface area contributed by atoms with Gasteiger partial charge in [0.25, 0.3) is 10.0 Å². The predicted molar refractivity (Wildman–Crippen MR) is 55.7 cm³/mol. The number of rotatable bonds is 2. The van der Waals surface area contributed by atoms with Crippen LogP contribution >= 0.6 is 0 Å². The van der Waals surface area contributed by atoms with Crippen LogP contribution in [0.1, 0.15) is 20.3 Å². The summed E-state index contributed by atoms with van der Waals surface area (Å²) in [6.45, 7) is 4.61. The summed E-state index contributed by atoms with van der Waals surface area (Å²) in [6.07, 6.45) is 2.38. The topological polar surface area (TPSA) is 66.1 Å². The van der Waals surface area contributed by atoms with Crippen molar-refractivity contribution in [1.29, 1.82) is 0 Å². The van der Waals surface area contributed by atoms with Crippen LogP contribution in [-0.2, 0) is 10.0 Å². The zero-order valence-corrected chi connectivity index (χ0v) is 9.66. The predicted octanol–water partition coefficient (Wildman–Crippen LogP) is 0.829. The molecule has 2 heterocycles. The smallest absolute Gasteiger partial charge is 0.260 e. The maximum Gasteiger partial charge on any atom is 0.260 e. The summed E-state index contributed by atoms with van der Waals surface area (Å²) < 4.78 is 25.8. The van der Waals surface area contributed by atoms with Crippen molar-refractivity contribution in [3.63, 3.8) is 0 Å². The number of aromatic nitrogens is 2. The molecule has 2 atom stereocenters. The maximum absolute atomic E-state index is 12.1. The minimum absolute atomic E-state index is 0.0771. The third-order valence-electron chi connectivity index (χ3n) is 2.79. The summed E-state index contributed by atoms with van der Waals surface area (Å²) in [5.74, 6) is 0.428. The van der Waals surface area contributed by atoms with Crippen LogP contribution in [0, 0.1) is 5.92 Å². The third kappa shape index (κ3) is 1.79. The van der Waals surface area contributed by atoms with Gasteiger partial charge in [-0.1, -0.05) is 6.92 Å². The zero-order valence-electron chi connectivity index (χ0n) is 8.84. The molecule has 6 heteroatoms. The molecule has 0 aliphatic carbocycles. The van der Waals surface area contributed by atoms with Crippen LogP contribution in [0.3, 0.4) is 0 Å². The Bertz CT molecular complexity index is 426. The molecular weight excluding hydrogens is 214 g/mol. The van der Waals surface area contributed by atoms with Crippen molar-refractivity contribution in [3.8, 4) is 0 Å². The van der Waals surface area contributed by atoms with Crippen molar-refractivity contribution >= 4 is 10.0 Å². The van der Waals surface area contributed by atoms with Crippen LogP contribution in [0.25, 0.3) is 0 Å². The highest BCUT2D eigenvalue weighted by Gasteiger charge is 2.36. The van der Waals surface area contributed by atoms with Gasteiger partial charge in [0.1, 0.15) is 0 Å². The molecular formula is C9H15N3O2S. The Morgan fingerprint density at radius 2 is 2.27 bits per heavy atom. The molecule has 1 aromatic heterocycles. The summed E-state index contributed by atoms with van der Waals surface area (Å²) >= 11 is 0. The van der Waals surface area contributed by atoms with Gasteiger partial charge in [-0.25, -0.2) is 8.42 Å². The number of sulfonamides is 1. The highest BCUT2D eigenvalue weighted by Crippen LogP contribution is 2.27. The summed E-state index contributed by atoms with van der Waals surface area (Å²) in [5.41, 5.74) is 0. The molecule has 0 bridgehead atoms. The average Bonchev–Trinajstić information content (AvgIpc) is 2.74. The van der Waals surface area contributed by atoms with Crippen LogP contribution in [0.2, 0.25) is 0 Å². The number of aromatic amines is 1. The van der Waals surface area contributed by atoms with E-state index in [1.54, 1.807) is 4.31 Å². The molecule has 5 nitrogen and oxygen atoms in total. The Labute approximate surface area is 89.5 Å². The Hall–Kier alpha value is -0.880. The normalized spacial score (nSPS) is 28.4. The number of nitrogens with one attached hydrogen (secondary N) is 1. The van der Waals surface area contributed by atoms with E-state index in [1.807, 2.05) is 6.92 Å². The first-order valence-corrected chi connectivity index (χ1v) is 6.47. The molecule has 1 aliphatic rings. The molecule has 1 aliphatic heterocycles. The molecule has 0 aromatic carbocycles. The Kier molecular flexibility index (Phi) is 2.56. The lowest BCUT2D eigenvalue weighted by Gasteiger charge is -2.19. The number of nitrogens with zero attached hydrogens (tertiary/aromatic N) is 2. The quantitative estimate of drug-likeness (QED) is 0.816. The van der Waals surface area contributed by atoms with Gasteiger partial charge in [-0.2, -0.15) is 9.40 Å². The Morgan fingerprint density at radius 1 is 1.53 bits per heavy atom. The second-order valence-corrected chi connectivity index (χ2v) is 6.04. The lowest BCUT2D eigenvalue weighted by atomic mass is 10.1. The van der Waals surface area contributed by atoms with E-state index in [1.165, 1.54) is 12.3 Å². The number of H-pyrrole nitrogens is 1.